The maximum atomic E-state index is 12.9. The molecule has 0 aromatic heterocycles. The van der Waals surface area contributed by atoms with Crippen LogP contribution in [0.4, 0.5) is 4.79 Å². The second-order valence-electron chi connectivity index (χ2n) is 7.51. The lowest BCUT2D eigenvalue weighted by atomic mass is 9.78. The van der Waals surface area contributed by atoms with Crippen LogP contribution in [-0.2, 0) is 27.3 Å². The van der Waals surface area contributed by atoms with E-state index < -0.39 is 38.8 Å². The van der Waals surface area contributed by atoms with E-state index in [4.69, 9.17) is 14.0 Å². The summed E-state index contributed by atoms with van der Waals surface area (Å²) in [6, 6.07) is 9.56. The van der Waals surface area contributed by atoms with Gasteiger partial charge in [-0.1, -0.05) is 18.2 Å². The summed E-state index contributed by atoms with van der Waals surface area (Å²) in [6.07, 6.45) is -0.831. The first kappa shape index (κ1) is 22.8. The van der Waals surface area contributed by atoms with E-state index in [-0.39, 0.29) is 37.6 Å². The fraction of sp³-hybridized carbons (Fsp3) is 0.250. The van der Waals surface area contributed by atoms with E-state index in [9.17, 15) is 29.5 Å². The van der Waals surface area contributed by atoms with Crippen LogP contribution in [0, 0.1) is 0 Å². The van der Waals surface area contributed by atoms with Crippen molar-refractivity contribution in [3.63, 3.8) is 0 Å². The predicted molar refractivity (Wildman–Crippen MR) is 115 cm³/mol. The zero-order valence-corrected chi connectivity index (χ0v) is 17.4. The second-order valence-corrected chi connectivity index (χ2v) is 7.51. The summed E-state index contributed by atoms with van der Waals surface area (Å²) in [5, 5.41) is 31.4. The maximum absolute atomic E-state index is 12.9. The van der Waals surface area contributed by atoms with E-state index in [2.05, 4.69) is 5.32 Å². The van der Waals surface area contributed by atoms with Crippen molar-refractivity contribution in [2.45, 2.75) is 13.2 Å². The van der Waals surface area contributed by atoms with Gasteiger partial charge < -0.3 is 39.4 Å². The summed E-state index contributed by atoms with van der Waals surface area (Å²) in [7, 11) is -2.33. The summed E-state index contributed by atoms with van der Waals surface area (Å²) in [5.41, 5.74) is 2.47. The molecule has 33 heavy (non-hydrogen) atoms. The van der Waals surface area contributed by atoms with Gasteiger partial charge in [0.05, 0.1) is 13.2 Å². The minimum absolute atomic E-state index is 0.0807. The van der Waals surface area contributed by atoms with Crippen LogP contribution in [0.2, 0.25) is 0 Å². The Morgan fingerprint density at radius 2 is 1.82 bits per heavy atom. The molecule has 0 saturated carbocycles. The van der Waals surface area contributed by atoms with Gasteiger partial charge in [0.25, 0.3) is 5.91 Å². The fourth-order valence-electron chi connectivity index (χ4n) is 3.71. The average molecular weight is 454 g/mol. The summed E-state index contributed by atoms with van der Waals surface area (Å²) < 4.78 is 15.5. The molecular formula is C20H20B2N2O9. The fourth-order valence-corrected chi connectivity index (χ4v) is 3.71. The third-order valence-corrected chi connectivity index (χ3v) is 5.32. The van der Waals surface area contributed by atoms with Crippen molar-refractivity contribution < 1.29 is 43.6 Å². The third kappa shape index (κ3) is 5.01. The zero-order valence-electron chi connectivity index (χ0n) is 17.4. The molecule has 2 amide bonds. The molecule has 0 atom stereocenters. The number of carbonyl (C=O) groups is 3. The highest BCUT2D eigenvalue weighted by Gasteiger charge is 2.32. The first-order valence-electron chi connectivity index (χ1n) is 10.1. The summed E-state index contributed by atoms with van der Waals surface area (Å²) in [6.45, 7) is -0.337. The van der Waals surface area contributed by atoms with Crippen LogP contribution in [0.3, 0.4) is 0 Å². The van der Waals surface area contributed by atoms with Gasteiger partial charge in [-0.15, -0.1) is 0 Å². The van der Waals surface area contributed by atoms with E-state index in [1.165, 1.54) is 18.2 Å². The number of rotatable bonds is 7. The van der Waals surface area contributed by atoms with Gasteiger partial charge in [-0.2, -0.15) is 0 Å². The molecule has 0 spiro atoms. The Hall–Kier alpha value is -3.38. The first-order valence-corrected chi connectivity index (χ1v) is 10.1. The van der Waals surface area contributed by atoms with Crippen LogP contribution < -0.4 is 21.0 Å². The van der Waals surface area contributed by atoms with Gasteiger partial charge in [-0.25, -0.2) is 4.79 Å². The Morgan fingerprint density at radius 1 is 1.06 bits per heavy atom. The molecule has 4 N–H and O–H groups in total. The van der Waals surface area contributed by atoms with Gasteiger partial charge in [0.2, 0.25) is 0 Å². The number of carboxylic acid groups (broad SMARTS) is 1. The van der Waals surface area contributed by atoms with Crippen LogP contribution in [0.25, 0.3) is 0 Å². The molecule has 0 aliphatic carbocycles. The number of nitrogens with zero attached hydrogens (tertiary/aromatic N) is 1. The lowest BCUT2D eigenvalue weighted by Crippen LogP contribution is -2.42. The van der Waals surface area contributed by atoms with Crippen molar-refractivity contribution in [2.75, 3.05) is 19.6 Å². The average Bonchev–Trinajstić information content (AvgIpc) is 3.35. The molecular weight excluding hydrogens is 434 g/mol. The lowest BCUT2D eigenvalue weighted by Gasteiger charge is -2.21. The van der Waals surface area contributed by atoms with E-state index in [0.717, 1.165) is 10.5 Å². The van der Waals surface area contributed by atoms with Gasteiger partial charge in [-0.3, -0.25) is 9.59 Å². The van der Waals surface area contributed by atoms with Gasteiger partial charge in [-0.05, 0) is 34.8 Å². The molecule has 2 aromatic carbocycles. The standard InChI is InChI=1S/C20H20B2N2O9/c25-17(26)9-24(19(27)12-4-5-13-10-31-21(29)15(13)8-12)7-6-23-20(28)33-16-3-1-2-14-11-32-22(30)18(14)16/h1-5,8,29-30H,6-7,9-11H2,(H,23,28)(H,25,26). The number of hydrogen-bond acceptors (Lipinski definition) is 8. The first-order chi connectivity index (χ1) is 15.8. The van der Waals surface area contributed by atoms with Crippen LogP contribution in [-0.4, -0.2) is 71.9 Å². The number of nitrogens with one attached hydrogen (secondary N) is 1. The van der Waals surface area contributed by atoms with Gasteiger partial charge in [0.1, 0.15) is 12.3 Å². The molecule has 0 bridgehead atoms. The largest absolute Gasteiger partial charge is 0.495 e. The lowest BCUT2D eigenvalue weighted by molar-refractivity contribution is -0.137. The number of amides is 2. The molecule has 13 heteroatoms. The van der Waals surface area contributed by atoms with Crippen molar-refractivity contribution >= 4 is 43.1 Å². The number of benzene rings is 2. The second kappa shape index (κ2) is 9.63. The molecule has 2 aliphatic rings. The van der Waals surface area contributed by atoms with E-state index in [1.54, 1.807) is 18.2 Å². The highest BCUT2D eigenvalue weighted by atomic mass is 16.6. The quantitative estimate of drug-likeness (QED) is 0.364. The number of hydrogen-bond donors (Lipinski definition) is 4. The van der Waals surface area contributed by atoms with E-state index >= 15 is 0 Å². The Kier molecular flexibility index (Phi) is 6.65. The van der Waals surface area contributed by atoms with Crippen molar-refractivity contribution in [3.8, 4) is 5.75 Å². The SMILES string of the molecule is O=C(O)CN(CCNC(=O)Oc1cccc2c1B(O)OC2)C(=O)c1ccc2c(c1)B(O)OC2. The highest BCUT2D eigenvalue weighted by Crippen LogP contribution is 2.18. The molecule has 4 rings (SSSR count). The molecule has 2 aliphatic heterocycles. The summed E-state index contributed by atoms with van der Waals surface area (Å²) in [4.78, 5) is 37.4. The molecule has 2 aromatic rings. The van der Waals surface area contributed by atoms with Crippen LogP contribution >= 0.6 is 0 Å². The Balaban J connectivity index is 1.37. The Morgan fingerprint density at radius 3 is 2.61 bits per heavy atom. The normalized spacial score (nSPS) is 14.0. The van der Waals surface area contributed by atoms with E-state index in [1.807, 2.05) is 0 Å². The molecule has 0 radical (unpaired) electrons. The van der Waals surface area contributed by atoms with Crippen molar-refractivity contribution in [1.29, 1.82) is 0 Å². The van der Waals surface area contributed by atoms with Crippen molar-refractivity contribution in [1.82, 2.24) is 10.2 Å². The minimum Gasteiger partial charge on any atom is -0.480 e. The van der Waals surface area contributed by atoms with Crippen LogP contribution in [0.5, 0.6) is 5.75 Å². The number of fused-ring (bicyclic) bond motifs is 2. The number of ether oxygens (including phenoxy) is 1. The topological polar surface area (TPSA) is 155 Å². The summed E-state index contributed by atoms with van der Waals surface area (Å²) >= 11 is 0. The third-order valence-electron chi connectivity index (χ3n) is 5.32. The van der Waals surface area contributed by atoms with Crippen LogP contribution in [0.15, 0.2) is 36.4 Å². The Labute approximate surface area is 189 Å². The van der Waals surface area contributed by atoms with Gasteiger partial charge >= 0.3 is 26.3 Å². The molecule has 170 valence electrons. The molecule has 11 nitrogen and oxygen atoms in total. The van der Waals surface area contributed by atoms with Crippen LogP contribution in [0.1, 0.15) is 21.5 Å². The van der Waals surface area contributed by atoms with Crippen molar-refractivity contribution in [3.05, 3.63) is 53.1 Å². The maximum Gasteiger partial charge on any atom is 0.495 e. The van der Waals surface area contributed by atoms with Gasteiger partial charge in [0.15, 0.2) is 0 Å². The molecule has 0 fully saturated rings. The van der Waals surface area contributed by atoms with Crippen molar-refractivity contribution in [2.24, 2.45) is 0 Å². The monoisotopic (exact) mass is 454 g/mol. The minimum atomic E-state index is -1.22. The van der Waals surface area contributed by atoms with Gasteiger partial charge in [0, 0.05) is 24.1 Å². The Bertz CT molecular complexity index is 1100. The van der Waals surface area contributed by atoms with E-state index in [0.29, 0.717) is 16.5 Å². The molecule has 0 unspecified atom stereocenters. The highest BCUT2D eigenvalue weighted by molar-refractivity contribution is 6.62. The number of carbonyl (C=O) groups excluding carboxylic acids is 2. The summed E-state index contributed by atoms with van der Waals surface area (Å²) in [5.74, 6) is -1.65. The zero-order chi connectivity index (χ0) is 23.5. The molecule has 2 heterocycles. The smallest absolute Gasteiger partial charge is 0.480 e. The number of carboxylic acids is 1. The predicted octanol–water partition coefficient (Wildman–Crippen LogP) is -1.56. The number of aliphatic carboxylic acids is 1. The molecule has 0 saturated heterocycles.